The van der Waals surface area contributed by atoms with Gasteiger partial charge in [0.1, 0.15) is 0 Å². The zero-order valence-corrected chi connectivity index (χ0v) is 14.9. The average molecular weight is 338 g/mol. The van der Waals surface area contributed by atoms with E-state index in [4.69, 9.17) is 0 Å². The van der Waals surface area contributed by atoms with E-state index >= 15 is 0 Å². The fourth-order valence-corrected chi connectivity index (χ4v) is 4.17. The summed E-state index contributed by atoms with van der Waals surface area (Å²) in [7, 11) is 1.13. The molecule has 1 heterocycles. The highest BCUT2D eigenvalue weighted by Crippen LogP contribution is 2.13. The summed E-state index contributed by atoms with van der Waals surface area (Å²) in [6, 6.07) is 8.20. The molecular formula is C16H26N4O2S. The second kappa shape index (κ2) is 7.68. The van der Waals surface area contributed by atoms with E-state index < -0.39 is 9.84 Å². The minimum atomic E-state index is -2.89. The molecule has 1 aromatic rings. The summed E-state index contributed by atoms with van der Waals surface area (Å²) in [6.45, 7) is 3.29. The van der Waals surface area contributed by atoms with E-state index in [0.717, 1.165) is 17.8 Å². The van der Waals surface area contributed by atoms with Crippen molar-refractivity contribution in [3.63, 3.8) is 0 Å². The average Bonchev–Trinajstić information content (AvgIpc) is 2.84. The maximum absolute atomic E-state index is 11.5. The summed E-state index contributed by atoms with van der Waals surface area (Å²) in [6.07, 6.45) is 0.643. The lowest BCUT2D eigenvalue weighted by Crippen LogP contribution is -2.44. The highest BCUT2D eigenvalue weighted by molar-refractivity contribution is 7.91. The Morgan fingerprint density at radius 3 is 2.52 bits per heavy atom. The highest BCUT2D eigenvalue weighted by Gasteiger charge is 2.28. The quantitative estimate of drug-likeness (QED) is 0.619. The monoisotopic (exact) mass is 338 g/mol. The van der Waals surface area contributed by atoms with Gasteiger partial charge in [-0.15, -0.1) is 0 Å². The molecule has 2 rings (SSSR count). The summed E-state index contributed by atoms with van der Waals surface area (Å²) < 4.78 is 23.1. The topological polar surface area (TPSA) is 73.8 Å². The van der Waals surface area contributed by atoms with E-state index in [2.05, 4.69) is 44.8 Å². The number of rotatable bonds is 5. The third kappa shape index (κ3) is 5.42. The molecule has 0 bridgehead atoms. The van der Waals surface area contributed by atoms with Gasteiger partial charge in [0.25, 0.3) is 0 Å². The van der Waals surface area contributed by atoms with Crippen molar-refractivity contribution in [2.24, 2.45) is 4.99 Å². The highest BCUT2D eigenvalue weighted by atomic mass is 32.2. The first-order valence-corrected chi connectivity index (χ1v) is 9.73. The fourth-order valence-electron chi connectivity index (χ4n) is 2.49. The molecule has 128 valence electrons. The van der Waals surface area contributed by atoms with Crippen molar-refractivity contribution in [2.75, 3.05) is 37.0 Å². The number of sulfone groups is 1. The van der Waals surface area contributed by atoms with E-state index in [1.165, 1.54) is 0 Å². The number of nitrogens with one attached hydrogen (secondary N) is 2. The Balaban J connectivity index is 1.98. The Kier molecular flexibility index (Phi) is 5.87. The van der Waals surface area contributed by atoms with Crippen molar-refractivity contribution < 1.29 is 8.42 Å². The first-order chi connectivity index (χ1) is 10.9. The van der Waals surface area contributed by atoms with Crippen LogP contribution in [0, 0.1) is 0 Å². The van der Waals surface area contributed by atoms with Crippen LogP contribution in [0.5, 0.6) is 0 Å². The van der Waals surface area contributed by atoms with Crippen LogP contribution in [0.25, 0.3) is 0 Å². The molecule has 7 heteroatoms. The van der Waals surface area contributed by atoms with Gasteiger partial charge in [-0.25, -0.2) is 13.4 Å². The van der Waals surface area contributed by atoms with Crippen LogP contribution in [0.15, 0.2) is 29.3 Å². The zero-order chi connectivity index (χ0) is 16.9. The molecule has 1 unspecified atom stereocenters. The standard InChI is InChI=1S/C16H26N4O2S/c1-4-17-16(19-14-9-10-23(21,22)12-14)18-11-13-5-7-15(8-6-13)20(2)3/h5-8,14H,4,9-12H2,1-3H3,(H2,17,18,19). The lowest BCUT2D eigenvalue weighted by Gasteiger charge is -2.16. The molecular weight excluding hydrogens is 312 g/mol. The smallest absolute Gasteiger partial charge is 0.191 e. The van der Waals surface area contributed by atoms with Crippen molar-refractivity contribution in [1.82, 2.24) is 10.6 Å². The molecule has 0 saturated carbocycles. The van der Waals surface area contributed by atoms with Gasteiger partial charge in [-0.2, -0.15) is 0 Å². The Labute approximate surface area is 138 Å². The lowest BCUT2D eigenvalue weighted by molar-refractivity contribution is 0.599. The summed E-state index contributed by atoms with van der Waals surface area (Å²) in [4.78, 5) is 6.61. The molecule has 6 nitrogen and oxygen atoms in total. The number of aliphatic imine (C=N–C) groups is 1. The van der Waals surface area contributed by atoms with Crippen molar-refractivity contribution in [3.05, 3.63) is 29.8 Å². The Morgan fingerprint density at radius 1 is 1.30 bits per heavy atom. The van der Waals surface area contributed by atoms with Crippen LogP contribution in [0.1, 0.15) is 18.9 Å². The number of hydrogen-bond donors (Lipinski definition) is 2. The maximum Gasteiger partial charge on any atom is 0.191 e. The molecule has 0 amide bonds. The molecule has 0 aromatic heterocycles. The van der Waals surface area contributed by atoms with Gasteiger partial charge in [0.15, 0.2) is 15.8 Å². The molecule has 1 atom stereocenters. The van der Waals surface area contributed by atoms with Crippen LogP contribution in [0.4, 0.5) is 5.69 Å². The van der Waals surface area contributed by atoms with Gasteiger partial charge in [-0.05, 0) is 31.0 Å². The summed E-state index contributed by atoms with van der Waals surface area (Å²) >= 11 is 0. The van der Waals surface area contributed by atoms with Gasteiger partial charge in [-0.1, -0.05) is 12.1 Å². The van der Waals surface area contributed by atoms with Crippen LogP contribution in [-0.4, -0.2) is 52.6 Å². The number of anilines is 1. The van der Waals surface area contributed by atoms with Crippen LogP contribution in [-0.2, 0) is 16.4 Å². The van der Waals surface area contributed by atoms with Crippen molar-refractivity contribution >= 4 is 21.5 Å². The SMILES string of the molecule is CCNC(=NCc1ccc(N(C)C)cc1)NC1CCS(=O)(=O)C1. The molecule has 1 saturated heterocycles. The van der Waals surface area contributed by atoms with Crippen molar-refractivity contribution in [3.8, 4) is 0 Å². The third-order valence-electron chi connectivity index (χ3n) is 3.79. The maximum atomic E-state index is 11.5. The number of guanidine groups is 1. The second-order valence-corrected chi connectivity index (χ2v) is 8.23. The summed E-state index contributed by atoms with van der Waals surface area (Å²) in [5.74, 6) is 1.12. The Hall–Kier alpha value is -1.76. The molecule has 0 radical (unpaired) electrons. The second-order valence-electron chi connectivity index (χ2n) is 6.00. The number of nitrogens with zero attached hydrogens (tertiary/aromatic N) is 2. The minimum absolute atomic E-state index is 0.0473. The Morgan fingerprint density at radius 2 is 2.00 bits per heavy atom. The lowest BCUT2D eigenvalue weighted by atomic mass is 10.2. The fraction of sp³-hybridized carbons (Fsp3) is 0.562. The number of hydrogen-bond acceptors (Lipinski definition) is 4. The molecule has 1 aliphatic heterocycles. The molecule has 1 aromatic carbocycles. The van der Waals surface area contributed by atoms with Gasteiger partial charge in [-0.3, -0.25) is 0 Å². The van der Waals surface area contributed by atoms with Gasteiger partial charge in [0.2, 0.25) is 0 Å². The van der Waals surface area contributed by atoms with E-state index in [-0.39, 0.29) is 17.5 Å². The molecule has 23 heavy (non-hydrogen) atoms. The first kappa shape index (κ1) is 17.6. The van der Waals surface area contributed by atoms with Crippen LogP contribution >= 0.6 is 0 Å². The van der Waals surface area contributed by atoms with Gasteiger partial charge >= 0.3 is 0 Å². The van der Waals surface area contributed by atoms with Gasteiger partial charge < -0.3 is 15.5 Å². The van der Waals surface area contributed by atoms with Crippen LogP contribution in [0.3, 0.4) is 0 Å². The van der Waals surface area contributed by atoms with Crippen molar-refractivity contribution in [1.29, 1.82) is 0 Å². The van der Waals surface area contributed by atoms with E-state index in [1.807, 2.05) is 21.0 Å². The molecule has 1 fully saturated rings. The minimum Gasteiger partial charge on any atom is -0.378 e. The largest absolute Gasteiger partial charge is 0.378 e. The Bertz CT molecular complexity index is 639. The van der Waals surface area contributed by atoms with E-state index in [0.29, 0.717) is 18.9 Å². The predicted octanol–water partition coefficient (Wildman–Crippen LogP) is 0.995. The van der Waals surface area contributed by atoms with E-state index in [1.54, 1.807) is 0 Å². The predicted molar refractivity (Wildman–Crippen MR) is 95.8 cm³/mol. The van der Waals surface area contributed by atoms with Gasteiger partial charge in [0.05, 0.1) is 18.1 Å². The first-order valence-electron chi connectivity index (χ1n) is 7.91. The molecule has 0 aliphatic carbocycles. The number of benzene rings is 1. The van der Waals surface area contributed by atoms with Crippen LogP contribution in [0.2, 0.25) is 0 Å². The summed E-state index contributed by atoms with van der Waals surface area (Å²) in [5.41, 5.74) is 2.27. The normalized spacial score (nSPS) is 20.3. The summed E-state index contributed by atoms with van der Waals surface area (Å²) in [5, 5.41) is 6.40. The molecule has 2 N–H and O–H groups in total. The van der Waals surface area contributed by atoms with Crippen molar-refractivity contribution in [2.45, 2.75) is 25.9 Å². The molecule has 0 spiro atoms. The van der Waals surface area contributed by atoms with E-state index in [9.17, 15) is 8.42 Å². The zero-order valence-electron chi connectivity index (χ0n) is 14.0. The van der Waals surface area contributed by atoms with Gasteiger partial charge in [0, 0.05) is 32.4 Å². The molecule has 1 aliphatic rings. The van der Waals surface area contributed by atoms with Crippen LogP contribution < -0.4 is 15.5 Å². The third-order valence-corrected chi connectivity index (χ3v) is 5.56.